The van der Waals surface area contributed by atoms with Crippen LogP contribution in [0.2, 0.25) is 0 Å². The molecule has 1 N–H and O–H groups in total. The van der Waals surface area contributed by atoms with Crippen molar-refractivity contribution in [3.8, 4) is 10.6 Å². The number of morpholine rings is 1. The molecule has 0 bridgehead atoms. The third-order valence-electron chi connectivity index (χ3n) is 6.35. The van der Waals surface area contributed by atoms with Crippen molar-refractivity contribution in [2.45, 2.75) is 31.1 Å². The van der Waals surface area contributed by atoms with E-state index in [9.17, 15) is 14.4 Å². The number of rotatable bonds is 11. The summed E-state index contributed by atoms with van der Waals surface area (Å²) in [6.45, 7) is 2.29. The van der Waals surface area contributed by atoms with E-state index in [4.69, 9.17) is 13.9 Å². The van der Waals surface area contributed by atoms with Crippen molar-refractivity contribution in [3.05, 3.63) is 65.5 Å². The fourth-order valence-corrected chi connectivity index (χ4v) is 5.00. The van der Waals surface area contributed by atoms with Crippen molar-refractivity contribution >= 4 is 29.1 Å². The number of carbonyl (C=O) groups is 3. The lowest BCUT2D eigenvalue weighted by atomic mass is 9.69. The summed E-state index contributed by atoms with van der Waals surface area (Å²) in [4.78, 5) is 46.0. The molecule has 39 heavy (non-hydrogen) atoms. The number of ether oxygens (including phenoxy) is 2. The van der Waals surface area contributed by atoms with E-state index in [1.54, 1.807) is 30.5 Å². The fraction of sp³-hybridized carbons (Fsp3) is 0.407. The predicted octanol–water partition coefficient (Wildman–Crippen LogP) is 4.54. The van der Waals surface area contributed by atoms with E-state index in [1.807, 2.05) is 0 Å². The van der Waals surface area contributed by atoms with Gasteiger partial charge >= 0.3 is 6.09 Å². The van der Waals surface area contributed by atoms with Gasteiger partial charge in [-0.25, -0.2) is 18.6 Å². The third-order valence-corrected chi connectivity index (χ3v) is 7.23. The van der Waals surface area contributed by atoms with Crippen molar-refractivity contribution in [3.63, 3.8) is 0 Å². The van der Waals surface area contributed by atoms with Gasteiger partial charge in [-0.2, -0.15) is 0 Å². The molecule has 2 amide bonds. The molecule has 1 fully saturated rings. The highest BCUT2D eigenvalue weighted by atomic mass is 32.1. The maximum Gasteiger partial charge on any atom is 0.409 e. The number of halogens is 2. The summed E-state index contributed by atoms with van der Waals surface area (Å²) in [6, 6.07) is 10.6. The van der Waals surface area contributed by atoms with E-state index >= 15 is 8.78 Å². The van der Waals surface area contributed by atoms with Crippen LogP contribution in [0, 0.1) is 0 Å². The summed E-state index contributed by atoms with van der Waals surface area (Å²) in [6.07, 6.45) is -0.146. The van der Waals surface area contributed by atoms with Crippen LogP contribution in [0.5, 0.6) is 0 Å². The molecule has 3 heterocycles. The second-order valence-electron chi connectivity index (χ2n) is 8.88. The van der Waals surface area contributed by atoms with Gasteiger partial charge < -0.3 is 24.1 Å². The number of alkyl halides is 2. The van der Waals surface area contributed by atoms with Gasteiger partial charge in [0.2, 0.25) is 17.1 Å². The number of hydrogen-bond acceptors (Lipinski definition) is 8. The molecule has 1 atom stereocenters. The molecular weight excluding hydrogens is 532 g/mol. The lowest BCUT2D eigenvalue weighted by molar-refractivity contribution is -0.142. The highest BCUT2D eigenvalue weighted by Crippen LogP contribution is 2.45. The average molecular weight is 562 g/mol. The Balaban J connectivity index is 1.71. The molecule has 1 aliphatic heterocycles. The van der Waals surface area contributed by atoms with Gasteiger partial charge in [-0.1, -0.05) is 43.3 Å². The average Bonchev–Trinajstić information content (AvgIpc) is 3.66. The number of aromatic nitrogens is 1. The minimum atomic E-state index is -4.01. The fourth-order valence-electron chi connectivity index (χ4n) is 4.33. The molecule has 1 aromatic carbocycles. The summed E-state index contributed by atoms with van der Waals surface area (Å²) in [5, 5.41) is 4.27. The van der Waals surface area contributed by atoms with Gasteiger partial charge in [-0.15, -0.1) is 11.3 Å². The largest absolute Gasteiger partial charge is 0.449 e. The zero-order valence-corrected chi connectivity index (χ0v) is 22.2. The first-order valence-corrected chi connectivity index (χ1v) is 13.4. The lowest BCUT2D eigenvalue weighted by Gasteiger charge is -2.37. The summed E-state index contributed by atoms with van der Waals surface area (Å²) in [5.41, 5.74) is -3.27. The van der Waals surface area contributed by atoms with Crippen LogP contribution >= 0.6 is 11.3 Å². The van der Waals surface area contributed by atoms with Crippen LogP contribution in [0.15, 0.2) is 58.5 Å². The van der Waals surface area contributed by atoms with Crippen LogP contribution in [-0.4, -0.2) is 73.0 Å². The Labute approximate surface area is 228 Å². The number of carbonyl (C=O) groups excluding carboxylic acids is 3. The Kier molecular flexibility index (Phi) is 9.08. The topological polar surface area (TPSA) is 111 Å². The number of benzene rings is 1. The Bertz CT molecular complexity index is 1260. The molecule has 3 aromatic rings. The monoisotopic (exact) mass is 561 g/mol. The van der Waals surface area contributed by atoms with Crippen molar-refractivity contribution in [1.82, 2.24) is 15.2 Å². The predicted molar refractivity (Wildman–Crippen MR) is 139 cm³/mol. The van der Waals surface area contributed by atoms with Crippen LogP contribution in [0.1, 0.15) is 36.0 Å². The van der Waals surface area contributed by atoms with E-state index < -0.39 is 48.0 Å². The van der Waals surface area contributed by atoms with Gasteiger partial charge in [0.15, 0.2) is 5.76 Å². The highest BCUT2D eigenvalue weighted by molar-refractivity contribution is 7.13. The molecule has 1 saturated heterocycles. The minimum absolute atomic E-state index is 0.0643. The number of amides is 2. The van der Waals surface area contributed by atoms with Gasteiger partial charge in [0.25, 0.3) is 11.8 Å². The normalized spacial score (nSPS) is 15.4. The maximum absolute atomic E-state index is 16.4. The number of oxazole rings is 1. The first kappa shape index (κ1) is 28.4. The minimum Gasteiger partial charge on any atom is -0.449 e. The number of thiophene rings is 1. The third kappa shape index (κ3) is 5.86. The standard InChI is InChI=1S/C27H29F2N3O6S/c1-2-11-30-24(34)27(19-7-4-3-5-8-19,22(33)23-31-18-20(38-23)21-9-6-17-39-21)26(28,29)10-14-37-25(35)32-12-15-36-16-13-32/h3-9,17-18H,2,10-16H2,1H3,(H,30,34)/t27-/m0/s1. The molecule has 0 saturated carbocycles. The maximum atomic E-state index is 16.4. The van der Waals surface area contributed by atoms with Gasteiger partial charge in [-0.05, 0) is 23.4 Å². The molecule has 208 valence electrons. The Morgan fingerprint density at radius 1 is 1.13 bits per heavy atom. The molecule has 2 aromatic heterocycles. The molecule has 0 aliphatic carbocycles. The summed E-state index contributed by atoms with van der Waals surface area (Å²) in [7, 11) is 0. The Morgan fingerprint density at radius 3 is 2.54 bits per heavy atom. The second kappa shape index (κ2) is 12.5. The van der Waals surface area contributed by atoms with E-state index in [0.29, 0.717) is 24.5 Å². The number of Topliss-reactive ketones (excluding diaryl/α,β-unsaturated/α-hetero) is 1. The van der Waals surface area contributed by atoms with Crippen molar-refractivity contribution < 1.29 is 37.1 Å². The number of nitrogens with one attached hydrogen (secondary N) is 1. The molecule has 12 heteroatoms. The SMILES string of the molecule is CCCNC(=O)[C@@](C(=O)c1ncc(-c2cccs2)o1)(c1ccccc1)C(F)(F)CCOC(=O)N1CCOCC1. The van der Waals surface area contributed by atoms with Crippen molar-refractivity contribution in [1.29, 1.82) is 0 Å². The lowest BCUT2D eigenvalue weighted by Crippen LogP contribution is -2.61. The van der Waals surface area contributed by atoms with E-state index in [0.717, 1.165) is 0 Å². The quantitative estimate of drug-likeness (QED) is 0.270. The van der Waals surface area contributed by atoms with E-state index in [2.05, 4.69) is 10.3 Å². The van der Waals surface area contributed by atoms with Crippen LogP contribution in [-0.2, 0) is 19.7 Å². The van der Waals surface area contributed by atoms with Gasteiger partial charge in [0, 0.05) is 26.1 Å². The van der Waals surface area contributed by atoms with E-state index in [-0.39, 0.29) is 31.0 Å². The van der Waals surface area contributed by atoms with Gasteiger partial charge in [0.05, 0.1) is 30.9 Å². The van der Waals surface area contributed by atoms with Crippen molar-refractivity contribution in [2.24, 2.45) is 0 Å². The second-order valence-corrected chi connectivity index (χ2v) is 9.82. The Hall–Kier alpha value is -3.64. The summed E-state index contributed by atoms with van der Waals surface area (Å²) < 4.78 is 48.8. The Morgan fingerprint density at radius 2 is 1.87 bits per heavy atom. The molecule has 4 rings (SSSR count). The molecule has 0 unspecified atom stereocenters. The van der Waals surface area contributed by atoms with Gasteiger partial charge in [0.1, 0.15) is 0 Å². The van der Waals surface area contributed by atoms with Crippen LogP contribution in [0.4, 0.5) is 13.6 Å². The summed E-state index contributed by atoms with van der Waals surface area (Å²) in [5.74, 6) is -6.91. The first-order chi connectivity index (χ1) is 18.8. The molecule has 0 spiro atoms. The molecule has 1 aliphatic rings. The number of hydrogen-bond donors (Lipinski definition) is 1. The van der Waals surface area contributed by atoms with Gasteiger partial charge in [-0.3, -0.25) is 9.59 Å². The summed E-state index contributed by atoms with van der Waals surface area (Å²) >= 11 is 1.32. The van der Waals surface area contributed by atoms with E-state index in [1.165, 1.54) is 46.7 Å². The molecule has 9 nitrogen and oxygen atoms in total. The molecule has 0 radical (unpaired) electrons. The zero-order valence-electron chi connectivity index (χ0n) is 21.4. The van der Waals surface area contributed by atoms with Crippen LogP contribution < -0.4 is 5.32 Å². The number of nitrogens with zero attached hydrogens (tertiary/aromatic N) is 2. The van der Waals surface area contributed by atoms with Crippen molar-refractivity contribution in [2.75, 3.05) is 39.5 Å². The zero-order chi connectivity index (χ0) is 27.9. The smallest absolute Gasteiger partial charge is 0.409 e. The van der Waals surface area contributed by atoms with Crippen LogP contribution in [0.3, 0.4) is 0 Å². The number of ketones is 1. The van der Waals surface area contributed by atoms with Crippen LogP contribution in [0.25, 0.3) is 10.6 Å². The molecular formula is C27H29F2N3O6S. The first-order valence-electron chi connectivity index (χ1n) is 12.6. The highest BCUT2D eigenvalue weighted by Gasteiger charge is 2.66.